The number of rotatable bonds is 3. The zero-order chi connectivity index (χ0) is 10.9. The zero-order valence-electron chi connectivity index (χ0n) is 8.20. The Bertz CT molecular complexity index is 362. The van der Waals surface area contributed by atoms with Crippen LogP contribution in [0.15, 0.2) is 6.33 Å². The average Bonchev–Trinajstić information content (AvgIpc) is 2.18. The van der Waals surface area contributed by atoms with Gasteiger partial charge in [0.05, 0.1) is 12.1 Å². The third kappa shape index (κ3) is 1.85. The molecule has 1 saturated carbocycles. The highest BCUT2D eigenvalue weighted by Crippen LogP contribution is 2.36. The van der Waals surface area contributed by atoms with Gasteiger partial charge >= 0.3 is 0 Å². The molecule has 1 aliphatic rings. The molecule has 0 saturated heterocycles. The number of nitrogens with one attached hydrogen (secondary N) is 1. The van der Waals surface area contributed by atoms with Crippen LogP contribution in [-0.4, -0.2) is 27.2 Å². The minimum atomic E-state index is -0.272. The summed E-state index contributed by atoms with van der Waals surface area (Å²) in [6.45, 7) is 0.0774. The van der Waals surface area contributed by atoms with Crippen LogP contribution in [0.3, 0.4) is 0 Å². The molecule has 1 heterocycles. The second-order valence-corrected chi connectivity index (χ2v) is 4.20. The molecule has 0 atom stereocenters. The summed E-state index contributed by atoms with van der Waals surface area (Å²) in [6.07, 6.45) is 4.30. The van der Waals surface area contributed by atoms with Crippen molar-refractivity contribution in [3.05, 3.63) is 11.5 Å². The van der Waals surface area contributed by atoms with Crippen molar-refractivity contribution in [2.75, 3.05) is 17.7 Å². The topological polar surface area (TPSA) is 84.1 Å². The molecule has 0 bridgehead atoms. The van der Waals surface area contributed by atoms with Gasteiger partial charge in [0.15, 0.2) is 11.0 Å². The molecule has 82 valence electrons. The quantitative estimate of drug-likeness (QED) is 0.674. The van der Waals surface area contributed by atoms with Crippen LogP contribution in [0.4, 0.5) is 11.5 Å². The number of halogens is 1. The second-order valence-electron chi connectivity index (χ2n) is 3.84. The summed E-state index contributed by atoms with van der Waals surface area (Å²) in [5.74, 6) is 0.503. The molecule has 2 rings (SSSR count). The van der Waals surface area contributed by atoms with Crippen LogP contribution in [0, 0.1) is 0 Å². The van der Waals surface area contributed by atoms with E-state index in [-0.39, 0.29) is 17.3 Å². The van der Waals surface area contributed by atoms with Crippen LogP contribution in [0.1, 0.15) is 19.3 Å². The lowest BCUT2D eigenvalue weighted by molar-refractivity contribution is 0.144. The first-order chi connectivity index (χ1) is 7.17. The molecule has 5 nitrogen and oxygen atoms in total. The van der Waals surface area contributed by atoms with Gasteiger partial charge in [-0.2, -0.15) is 0 Å². The molecule has 1 aliphatic carbocycles. The molecule has 0 unspecified atom stereocenters. The first kappa shape index (κ1) is 10.4. The highest BCUT2D eigenvalue weighted by molar-refractivity contribution is 6.32. The summed E-state index contributed by atoms with van der Waals surface area (Å²) < 4.78 is 0. The van der Waals surface area contributed by atoms with Crippen molar-refractivity contribution in [2.45, 2.75) is 24.8 Å². The Labute approximate surface area is 92.7 Å². The molecule has 1 aromatic rings. The Balaban J connectivity index is 2.20. The van der Waals surface area contributed by atoms with E-state index in [4.69, 9.17) is 17.3 Å². The largest absolute Gasteiger partial charge is 0.394 e. The number of nitrogen functional groups attached to an aromatic ring is 1. The third-order valence-corrected chi connectivity index (χ3v) is 3.13. The van der Waals surface area contributed by atoms with Crippen LogP contribution < -0.4 is 11.1 Å². The Morgan fingerprint density at radius 2 is 2.27 bits per heavy atom. The summed E-state index contributed by atoms with van der Waals surface area (Å²) in [7, 11) is 0. The Kier molecular flexibility index (Phi) is 2.67. The van der Waals surface area contributed by atoms with Crippen molar-refractivity contribution < 1.29 is 5.11 Å². The molecule has 0 amide bonds. The SMILES string of the molecule is Nc1c(Cl)ncnc1NC1(CO)CCC1. The van der Waals surface area contributed by atoms with Gasteiger partial charge in [-0.25, -0.2) is 9.97 Å². The highest BCUT2D eigenvalue weighted by atomic mass is 35.5. The number of nitrogens with two attached hydrogens (primary N) is 1. The third-order valence-electron chi connectivity index (χ3n) is 2.83. The van der Waals surface area contributed by atoms with Crippen LogP contribution in [-0.2, 0) is 0 Å². The number of aromatic nitrogens is 2. The number of hydrogen-bond acceptors (Lipinski definition) is 5. The summed E-state index contributed by atoms with van der Waals surface area (Å²) in [4.78, 5) is 7.78. The minimum absolute atomic E-state index is 0.0774. The average molecular weight is 229 g/mol. The fourth-order valence-corrected chi connectivity index (χ4v) is 1.78. The van der Waals surface area contributed by atoms with E-state index in [1.807, 2.05) is 0 Å². The van der Waals surface area contributed by atoms with Gasteiger partial charge in [0.2, 0.25) is 0 Å². The number of hydrogen-bond donors (Lipinski definition) is 3. The lowest BCUT2D eigenvalue weighted by atomic mass is 9.77. The van der Waals surface area contributed by atoms with E-state index in [2.05, 4.69) is 15.3 Å². The molecule has 0 aliphatic heterocycles. The van der Waals surface area contributed by atoms with E-state index in [1.54, 1.807) is 0 Å². The smallest absolute Gasteiger partial charge is 0.157 e. The number of nitrogens with zero attached hydrogens (tertiary/aromatic N) is 2. The molecule has 6 heteroatoms. The van der Waals surface area contributed by atoms with E-state index < -0.39 is 0 Å². The molecule has 1 fully saturated rings. The van der Waals surface area contributed by atoms with E-state index in [0.717, 1.165) is 19.3 Å². The summed E-state index contributed by atoms with van der Waals surface area (Å²) in [5, 5.41) is 12.7. The molecule has 0 radical (unpaired) electrons. The fourth-order valence-electron chi connectivity index (χ4n) is 1.65. The fraction of sp³-hybridized carbons (Fsp3) is 0.556. The molecular weight excluding hydrogens is 216 g/mol. The van der Waals surface area contributed by atoms with E-state index >= 15 is 0 Å². The summed E-state index contributed by atoms with van der Waals surface area (Å²) in [6, 6.07) is 0. The van der Waals surface area contributed by atoms with Gasteiger partial charge in [-0.15, -0.1) is 0 Å². The number of aliphatic hydroxyl groups excluding tert-OH is 1. The summed E-state index contributed by atoms with van der Waals surface area (Å²) in [5.41, 5.74) is 5.78. The maximum absolute atomic E-state index is 9.28. The van der Waals surface area contributed by atoms with E-state index in [0.29, 0.717) is 11.5 Å². The van der Waals surface area contributed by atoms with Gasteiger partial charge < -0.3 is 16.2 Å². The predicted octanol–water partition coefficient (Wildman–Crippen LogP) is 1.04. The van der Waals surface area contributed by atoms with Crippen LogP contribution in [0.2, 0.25) is 5.15 Å². The standard InChI is InChI=1S/C9H13ClN4O/c10-7-6(11)8(13-5-12-7)14-9(4-15)2-1-3-9/h5,15H,1-4,11H2,(H,12,13,14). The Morgan fingerprint density at radius 3 is 2.80 bits per heavy atom. The van der Waals surface area contributed by atoms with Crippen molar-refractivity contribution in [1.82, 2.24) is 9.97 Å². The summed E-state index contributed by atoms with van der Waals surface area (Å²) >= 11 is 5.77. The number of aliphatic hydroxyl groups is 1. The van der Waals surface area contributed by atoms with Crippen molar-refractivity contribution in [3.63, 3.8) is 0 Å². The van der Waals surface area contributed by atoms with Crippen molar-refractivity contribution in [1.29, 1.82) is 0 Å². The molecule has 15 heavy (non-hydrogen) atoms. The monoisotopic (exact) mass is 228 g/mol. The molecule has 0 aromatic carbocycles. The maximum atomic E-state index is 9.28. The second kappa shape index (κ2) is 3.83. The molecule has 0 spiro atoms. The Hall–Kier alpha value is -1.07. The van der Waals surface area contributed by atoms with Gasteiger partial charge in [-0.05, 0) is 19.3 Å². The lowest BCUT2D eigenvalue weighted by Crippen LogP contribution is -2.48. The van der Waals surface area contributed by atoms with Gasteiger partial charge in [0.1, 0.15) is 12.0 Å². The number of anilines is 2. The lowest BCUT2D eigenvalue weighted by Gasteiger charge is -2.41. The van der Waals surface area contributed by atoms with Gasteiger partial charge in [-0.1, -0.05) is 11.6 Å². The highest BCUT2D eigenvalue weighted by Gasteiger charge is 2.37. The normalized spacial score (nSPS) is 18.3. The zero-order valence-corrected chi connectivity index (χ0v) is 8.96. The van der Waals surface area contributed by atoms with Crippen LogP contribution in [0.25, 0.3) is 0 Å². The van der Waals surface area contributed by atoms with E-state index in [1.165, 1.54) is 6.33 Å². The predicted molar refractivity (Wildman–Crippen MR) is 58.7 cm³/mol. The van der Waals surface area contributed by atoms with Crippen LogP contribution >= 0.6 is 11.6 Å². The first-order valence-electron chi connectivity index (χ1n) is 4.82. The van der Waals surface area contributed by atoms with Crippen molar-refractivity contribution in [2.24, 2.45) is 0 Å². The van der Waals surface area contributed by atoms with Gasteiger partial charge in [0, 0.05) is 0 Å². The Morgan fingerprint density at radius 1 is 1.53 bits per heavy atom. The van der Waals surface area contributed by atoms with E-state index in [9.17, 15) is 5.11 Å². The molecule has 4 N–H and O–H groups in total. The minimum Gasteiger partial charge on any atom is -0.394 e. The van der Waals surface area contributed by atoms with Crippen molar-refractivity contribution in [3.8, 4) is 0 Å². The van der Waals surface area contributed by atoms with Gasteiger partial charge in [0.25, 0.3) is 0 Å². The van der Waals surface area contributed by atoms with Crippen molar-refractivity contribution >= 4 is 23.1 Å². The molecule has 1 aromatic heterocycles. The first-order valence-corrected chi connectivity index (χ1v) is 5.20. The van der Waals surface area contributed by atoms with Crippen LogP contribution in [0.5, 0.6) is 0 Å². The molecular formula is C9H13ClN4O. The maximum Gasteiger partial charge on any atom is 0.157 e. The van der Waals surface area contributed by atoms with Gasteiger partial charge in [-0.3, -0.25) is 0 Å².